The van der Waals surface area contributed by atoms with Gasteiger partial charge in [-0.3, -0.25) is 4.79 Å². The van der Waals surface area contributed by atoms with Crippen molar-refractivity contribution in [3.63, 3.8) is 0 Å². The smallest absolute Gasteiger partial charge is 0.172 e. The lowest BCUT2D eigenvalue weighted by Crippen LogP contribution is -2.02. The molecule has 1 aromatic heterocycles. The lowest BCUT2D eigenvalue weighted by atomic mass is 10.1. The molecule has 2 aromatic carbocycles. The van der Waals surface area contributed by atoms with Crippen LogP contribution in [0.1, 0.15) is 16.1 Å². The predicted octanol–water partition coefficient (Wildman–Crippen LogP) is 3.19. The van der Waals surface area contributed by atoms with Gasteiger partial charge in [-0.2, -0.15) is 0 Å². The molecule has 0 amide bonds. The van der Waals surface area contributed by atoms with Crippen LogP contribution in [0.5, 0.6) is 0 Å². The van der Waals surface area contributed by atoms with E-state index in [4.69, 9.17) is 0 Å². The van der Waals surface area contributed by atoms with E-state index in [1.54, 1.807) is 16.8 Å². The largest absolute Gasteiger partial charge is 0.296 e. The fourth-order valence-corrected chi connectivity index (χ4v) is 2.22. The molecule has 0 radical (unpaired) electrons. The monoisotopic (exact) mass is 281 g/mol. The molecule has 0 saturated carbocycles. The summed E-state index contributed by atoms with van der Waals surface area (Å²) in [6, 6.07) is 13.6. The molecule has 5 heteroatoms. The number of hydrogen-bond acceptors (Lipinski definition) is 3. The molecule has 0 fully saturated rings. The van der Waals surface area contributed by atoms with E-state index in [1.807, 2.05) is 31.2 Å². The Morgan fingerprint density at radius 1 is 1.10 bits per heavy atom. The van der Waals surface area contributed by atoms with Crippen molar-refractivity contribution >= 4 is 6.29 Å². The van der Waals surface area contributed by atoms with E-state index in [2.05, 4.69) is 10.3 Å². The molecule has 21 heavy (non-hydrogen) atoms. The zero-order valence-corrected chi connectivity index (χ0v) is 11.3. The summed E-state index contributed by atoms with van der Waals surface area (Å²) in [6.07, 6.45) is 0.653. The van der Waals surface area contributed by atoms with Crippen molar-refractivity contribution in [3.05, 3.63) is 65.6 Å². The summed E-state index contributed by atoms with van der Waals surface area (Å²) in [5.74, 6) is -0.332. The normalized spacial score (nSPS) is 10.6. The lowest BCUT2D eigenvalue weighted by Gasteiger charge is -2.09. The first-order valence-corrected chi connectivity index (χ1v) is 6.43. The average Bonchev–Trinajstić information content (AvgIpc) is 2.92. The van der Waals surface area contributed by atoms with Gasteiger partial charge in [0.25, 0.3) is 0 Å². The van der Waals surface area contributed by atoms with Gasteiger partial charge < -0.3 is 0 Å². The van der Waals surface area contributed by atoms with Crippen LogP contribution in [0, 0.1) is 12.7 Å². The molecule has 0 saturated heterocycles. The van der Waals surface area contributed by atoms with E-state index in [1.165, 1.54) is 12.1 Å². The summed E-state index contributed by atoms with van der Waals surface area (Å²) in [5.41, 5.74) is 3.30. The Bertz CT molecular complexity index is 794. The van der Waals surface area contributed by atoms with Crippen molar-refractivity contribution in [3.8, 4) is 16.9 Å². The van der Waals surface area contributed by atoms with E-state index in [-0.39, 0.29) is 11.5 Å². The van der Waals surface area contributed by atoms with Crippen LogP contribution in [0.25, 0.3) is 16.9 Å². The van der Waals surface area contributed by atoms with Crippen LogP contribution in [0.15, 0.2) is 48.5 Å². The minimum atomic E-state index is -0.332. The maximum Gasteiger partial charge on any atom is 0.172 e. The van der Waals surface area contributed by atoms with E-state index in [0.717, 1.165) is 11.3 Å². The topological polar surface area (TPSA) is 47.8 Å². The molecule has 0 unspecified atom stereocenters. The molecule has 0 atom stereocenters. The minimum absolute atomic E-state index is 0.227. The average molecular weight is 281 g/mol. The van der Waals surface area contributed by atoms with Crippen LogP contribution in [0.4, 0.5) is 4.39 Å². The molecule has 4 nitrogen and oxygen atoms in total. The van der Waals surface area contributed by atoms with E-state index in [9.17, 15) is 9.18 Å². The first-order chi connectivity index (χ1) is 10.2. The van der Waals surface area contributed by atoms with Crippen molar-refractivity contribution in [2.24, 2.45) is 0 Å². The highest BCUT2D eigenvalue weighted by Crippen LogP contribution is 2.25. The number of aryl methyl sites for hydroxylation is 1. The van der Waals surface area contributed by atoms with Gasteiger partial charge in [0.1, 0.15) is 11.5 Å². The number of carbonyl (C=O) groups is 1. The van der Waals surface area contributed by atoms with Gasteiger partial charge in [0.05, 0.1) is 5.69 Å². The van der Waals surface area contributed by atoms with Crippen LogP contribution in [0.3, 0.4) is 0 Å². The van der Waals surface area contributed by atoms with Crippen molar-refractivity contribution in [1.82, 2.24) is 15.0 Å². The maximum absolute atomic E-state index is 13.1. The first kappa shape index (κ1) is 13.2. The summed E-state index contributed by atoms with van der Waals surface area (Å²) in [5, 5.41) is 7.96. The second-order valence-corrected chi connectivity index (χ2v) is 4.65. The Balaban J connectivity index is 2.24. The summed E-state index contributed by atoms with van der Waals surface area (Å²) in [7, 11) is 0. The number of rotatable bonds is 3. The fourth-order valence-electron chi connectivity index (χ4n) is 2.22. The zero-order chi connectivity index (χ0) is 14.8. The third kappa shape index (κ3) is 2.33. The number of aldehydes is 1. The molecule has 0 aliphatic heterocycles. The molecule has 0 aliphatic rings. The third-order valence-corrected chi connectivity index (χ3v) is 3.27. The van der Waals surface area contributed by atoms with Crippen molar-refractivity contribution in [2.45, 2.75) is 6.92 Å². The molecular weight excluding hydrogens is 269 g/mol. The third-order valence-electron chi connectivity index (χ3n) is 3.27. The Hall–Kier alpha value is -2.82. The highest BCUT2D eigenvalue weighted by Gasteiger charge is 2.16. The van der Waals surface area contributed by atoms with E-state index in [0.29, 0.717) is 17.5 Å². The van der Waals surface area contributed by atoms with Crippen LogP contribution in [0.2, 0.25) is 0 Å². The highest BCUT2D eigenvalue weighted by atomic mass is 19.1. The molecule has 104 valence electrons. The molecule has 1 heterocycles. The quantitative estimate of drug-likeness (QED) is 0.693. The Labute approximate surface area is 120 Å². The molecular formula is C16H12FN3O. The number of hydrogen-bond donors (Lipinski definition) is 0. The van der Waals surface area contributed by atoms with E-state index >= 15 is 0 Å². The van der Waals surface area contributed by atoms with Crippen LogP contribution < -0.4 is 0 Å². The Kier molecular flexibility index (Phi) is 3.31. The van der Waals surface area contributed by atoms with Gasteiger partial charge in [0, 0.05) is 5.56 Å². The molecule has 3 rings (SSSR count). The Morgan fingerprint density at radius 2 is 1.81 bits per heavy atom. The minimum Gasteiger partial charge on any atom is -0.296 e. The number of benzene rings is 2. The summed E-state index contributed by atoms with van der Waals surface area (Å²) >= 11 is 0. The highest BCUT2D eigenvalue weighted by molar-refractivity contribution is 5.84. The molecule has 0 spiro atoms. The number of aromatic nitrogens is 3. The zero-order valence-electron chi connectivity index (χ0n) is 11.3. The second kappa shape index (κ2) is 5.28. The van der Waals surface area contributed by atoms with E-state index < -0.39 is 0 Å². The maximum atomic E-state index is 13.1. The van der Waals surface area contributed by atoms with Gasteiger partial charge >= 0.3 is 0 Å². The number of para-hydroxylation sites is 1. The molecule has 0 aliphatic carbocycles. The first-order valence-electron chi connectivity index (χ1n) is 6.43. The standard InChI is InChI=1S/C16H12FN3O/c1-11-4-2-3-5-15(11)20-16(14(10-21)18-19-20)12-6-8-13(17)9-7-12/h2-10H,1H3. The van der Waals surface area contributed by atoms with Gasteiger partial charge in [0.2, 0.25) is 0 Å². The van der Waals surface area contributed by atoms with Gasteiger partial charge in [-0.25, -0.2) is 9.07 Å². The Morgan fingerprint density at radius 3 is 2.48 bits per heavy atom. The SMILES string of the molecule is Cc1ccccc1-n1nnc(C=O)c1-c1ccc(F)cc1. The van der Waals surface area contributed by atoms with Crippen molar-refractivity contribution < 1.29 is 9.18 Å². The number of carbonyl (C=O) groups excluding carboxylic acids is 1. The fraction of sp³-hybridized carbons (Fsp3) is 0.0625. The predicted molar refractivity (Wildman–Crippen MR) is 76.9 cm³/mol. The van der Waals surface area contributed by atoms with Gasteiger partial charge in [-0.1, -0.05) is 23.4 Å². The van der Waals surface area contributed by atoms with Gasteiger partial charge in [-0.15, -0.1) is 5.10 Å². The van der Waals surface area contributed by atoms with Crippen molar-refractivity contribution in [1.29, 1.82) is 0 Å². The number of nitrogens with zero attached hydrogens (tertiary/aromatic N) is 3. The summed E-state index contributed by atoms with van der Waals surface area (Å²) in [6.45, 7) is 1.95. The summed E-state index contributed by atoms with van der Waals surface area (Å²) < 4.78 is 14.7. The van der Waals surface area contributed by atoms with Crippen LogP contribution in [-0.4, -0.2) is 21.3 Å². The lowest BCUT2D eigenvalue weighted by molar-refractivity contribution is 0.111. The second-order valence-electron chi connectivity index (χ2n) is 4.65. The van der Waals surface area contributed by atoms with Crippen LogP contribution >= 0.6 is 0 Å². The van der Waals surface area contributed by atoms with Gasteiger partial charge in [0.15, 0.2) is 12.0 Å². The van der Waals surface area contributed by atoms with Gasteiger partial charge in [-0.05, 0) is 42.8 Å². The molecule has 3 aromatic rings. The molecule has 0 bridgehead atoms. The molecule has 0 N–H and O–H groups in total. The number of halogens is 1. The van der Waals surface area contributed by atoms with Crippen LogP contribution in [-0.2, 0) is 0 Å². The van der Waals surface area contributed by atoms with Crippen molar-refractivity contribution in [2.75, 3.05) is 0 Å². The summed E-state index contributed by atoms with van der Waals surface area (Å²) in [4.78, 5) is 11.2.